The Morgan fingerprint density at radius 1 is 1.40 bits per heavy atom. The van der Waals surface area contributed by atoms with E-state index in [1.54, 1.807) is 18.7 Å². The van der Waals surface area contributed by atoms with Crippen molar-refractivity contribution >= 4 is 33.4 Å². The minimum atomic E-state index is -0.775. The Balaban J connectivity index is 2.42. The molecule has 1 aromatic rings. The summed E-state index contributed by atoms with van der Waals surface area (Å²) in [5.74, 6) is -0.581. The van der Waals surface area contributed by atoms with E-state index in [0.29, 0.717) is 0 Å². The summed E-state index contributed by atoms with van der Waals surface area (Å²) in [6, 6.07) is 5.61. The Hall–Kier alpha value is -1.40. The summed E-state index contributed by atoms with van der Waals surface area (Å²) in [6.07, 6.45) is 0. The summed E-state index contributed by atoms with van der Waals surface area (Å²) in [6.45, 7) is 5.65. The first kappa shape index (κ1) is 15.0. The number of benzene rings is 1. The summed E-state index contributed by atoms with van der Waals surface area (Å²) in [5.41, 5.74) is 6.90. The number of anilines is 1. The van der Waals surface area contributed by atoms with Crippen molar-refractivity contribution < 1.29 is 9.59 Å². The second kappa shape index (κ2) is 5.18. The Bertz CT molecular complexity index is 570. The molecule has 5 nitrogen and oxygen atoms in total. The van der Waals surface area contributed by atoms with Crippen LogP contribution in [0.5, 0.6) is 0 Å². The smallest absolute Gasteiger partial charge is 0.251 e. The number of nitrogens with zero attached hydrogens (tertiary/aromatic N) is 1. The maximum Gasteiger partial charge on any atom is 0.251 e. The van der Waals surface area contributed by atoms with E-state index in [4.69, 9.17) is 5.73 Å². The summed E-state index contributed by atoms with van der Waals surface area (Å²) >= 11 is 3.49. The molecule has 0 unspecified atom stereocenters. The molecule has 1 aliphatic heterocycles. The maximum atomic E-state index is 12.0. The molecular formula is C14H18BrN3O2. The van der Waals surface area contributed by atoms with Crippen molar-refractivity contribution in [3.05, 3.63) is 28.2 Å². The molecule has 108 valence electrons. The van der Waals surface area contributed by atoms with Gasteiger partial charge in [-0.2, -0.15) is 0 Å². The number of nitrogens with two attached hydrogens (primary N) is 1. The molecule has 1 heterocycles. The number of carbonyl (C=O) groups excluding carboxylic acids is 2. The van der Waals surface area contributed by atoms with Gasteiger partial charge in [-0.3, -0.25) is 14.9 Å². The summed E-state index contributed by atoms with van der Waals surface area (Å²) in [5, 5.41) is 2.36. The highest BCUT2D eigenvalue weighted by Crippen LogP contribution is 2.31. The number of hydrogen-bond donors (Lipinski definition) is 2. The van der Waals surface area contributed by atoms with Crippen molar-refractivity contribution in [3.8, 4) is 0 Å². The molecule has 0 spiro atoms. The molecule has 0 aromatic heterocycles. The van der Waals surface area contributed by atoms with Crippen molar-refractivity contribution in [3.63, 3.8) is 0 Å². The van der Waals surface area contributed by atoms with Crippen LogP contribution >= 0.6 is 15.9 Å². The molecule has 2 rings (SSSR count). The largest absolute Gasteiger partial charge is 0.348 e. The SMILES string of the molecule is C[C@H](N)c1ccc(N2CC(=O)NC(=O)C2(C)C)cc1Br. The van der Waals surface area contributed by atoms with Crippen molar-refractivity contribution in [2.75, 3.05) is 11.4 Å². The number of rotatable bonds is 2. The zero-order chi connectivity index (χ0) is 15.1. The van der Waals surface area contributed by atoms with Gasteiger partial charge in [0.15, 0.2) is 0 Å². The van der Waals surface area contributed by atoms with E-state index < -0.39 is 5.54 Å². The van der Waals surface area contributed by atoms with Crippen molar-refractivity contribution in [1.29, 1.82) is 0 Å². The van der Waals surface area contributed by atoms with E-state index in [-0.39, 0.29) is 24.4 Å². The average Bonchev–Trinajstić information content (AvgIpc) is 2.33. The molecule has 2 amide bonds. The summed E-state index contributed by atoms with van der Waals surface area (Å²) in [7, 11) is 0. The monoisotopic (exact) mass is 339 g/mol. The second-order valence-electron chi connectivity index (χ2n) is 5.52. The molecule has 1 atom stereocenters. The molecule has 1 aromatic carbocycles. The molecule has 3 N–H and O–H groups in total. The topological polar surface area (TPSA) is 75.4 Å². The minimum Gasteiger partial charge on any atom is -0.348 e. The van der Waals surface area contributed by atoms with Gasteiger partial charge in [0.2, 0.25) is 5.91 Å². The number of nitrogens with one attached hydrogen (secondary N) is 1. The lowest BCUT2D eigenvalue weighted by molar-refractivity contribution is -0.135. The van der Waals surface area contributed by atoms with Gasteiger partial charge in [-0.05, 0) is 38.5 Å². The fourth-order valence-corrected chi connectivity index (χ4v) is 2.98. The van der Waals surface area contributed by atoms with Crippen LogP contribution in [0.3, 0.4) is 0 Å². The molecule has 6 heteroatoms. The summed E-state index contributed by atoms with van der Waals surface area (Å²) in [4.78, 5) is 25.4. The van der Waals surface area contributed by atoms with Gasteiger partial charge in [0.1, 0.15) is 5.54 Å². The normalized spacial score (nSPS) is 19.8. The van der Waals surface area contributed by atoms with Crippen LogP contribution in [0.25, 0.3) is 0 Å². The average molecular weight is 340 g/mol. The van der Waals surface area contributed by atoms with Crippen LogP contribution in [0.15, 0.2) is 22.7 Å². The number of piperazine rings is 1. The zero-order valence-electron chi connectivity index (χ0n) is 11.7. The molecule has 1 aliphatic rings. The Morgan fingerprint density at radius 3 is 2.60 bits per heavy atom. The standard InChI is InChI=1S/C14H18BrN3O2/c1-8(16)10-5-4-9(6-11(10)15)18-7-12(19)17-13(20)14(18,2)3/h4-6,8H,7,16H2,1-3H3,(H,17,19,20)/t8-/m0/s1. The number of halogens is 1. The Labute approximate surface area is 126 Å². The lowest BCUT2D eigenvalue weighted by Gasteiger charge is -2.42. The third kappa shape index (κ3) is 2.58. The molecule has 1 fully saturated rings. The van der Waals surface area contributed by atoms with Crippen LogP contribution in [0.4, 0.5) is 5.69 Å². The van der Waals surface area contributed by atoms with Gasteiger partial charge >= 0.3 is 0 Å². The number of hydrogen-bond acceptors (Lipinski definition) is 4. The molecule has 0 bridgehead atoms. The summed E-state index contributed by atoms with van der Waals surface area (Å²) < 4.78 is 0.874. The van der Waals surface area contributed by atoms with Crippen LogP contribution < -0.4 is 16.0 Å². The highest BCUT2D eigenvalue weighted by Gasteiger charge is 2.41. The van der Waals surface area contributed by atoms with Crippen molar-refractivity contribution in [1.82, 2.24) is 5.32 Å². The van der Waals surface area contributed by atoms with E-state index in [0.717, 1.165) is 15.7 Å². The van der Waals surface area contributed by atoms with Crippen LogP contribution in [-0.4, -0.2) is 23.9 Å². The van der Waals surface area contributed by atoms with Crippen molar-refractivity contribution in [2.45, 2.75) is 32.4 Å². The Morgan fingerprint density at radius 2 is 2.05 bits per heavy atom. The lowest BCUT2D eigenvalue weighted by Crippen LogP contribution is -2.64. The van der Waals surface area contributed by atoms with Crippen LogP contribution in [-0.2, 0) is 9.59 Å². The minimum absolute atomic E-state index is 0.0854. The first-order valence-corrected chi connectivity index (χ1v) is 7.19. The number of imide groups is 1. The van der Waals surface area contributed by atoms with Gasteiger partial charge in [0.25, 0.3) is 5.91 Å². The quantitative estimate of drug-likeness (QED) is 0.804. The van der Waals surface area contributed by atoms with E-state index in [2.05, 4.69) is 21.2 Å². The predicted molar refractivity (Wildman–Crippen MR) is 81.3 cm³/mol. The van der Waals surface area contributed by atoms with E-state index in [1.807, 2.05) is 25.1 Å². The lowest BCUT2D eigenvalue weighted by atomic mass is 9.97. The van der Waals surface area contributed by atoms with Gasteiger partial charge < -0.3 is 10.6 Å². The first-order chi connectivity index (χ1) is 9.23. The highest BCUT2D eigenvalue weighted by atomic mass is 79.9. The third-order valence-corrected chi connectivity index (χ3v) is 4.26. The second-order valence-corrected chi connectivity index (χ2v) is 6.37. The van der Waals surface area contributed by atoms with Gasteiger partial charge in [0.05, 0.1) is 6.54 Å². The van der Waals surface area contributed by atoms with Crippen LogP contribution in [0.2, 0.25) is 0 Å². The molecule has 0 radical (unpaired) electrons. The fourth-order valence-electron chi connectivity index (χ4n) is 2.25. The van der Waals surface area contributed by atoms with Gasteiger partial charge in [-0.25, -0.2) is 0 Å². The van der Waals surface area contributed by atoms with E-state index in [9.17, 15) is 9.59 Å². The van der Waals surface area contributed by atoms with Crippen LogP contribution in [0, 0.1) is 0 Å². The maximum absolute atomic E-state index is 12.0. The van der Waals surface area contributed by atoms with E-state index in [1.165, 1.54) is 0 Å². The van der Waals surface area contributed by atoms with E-state index >= 15 is 0 Å². The van der Waals surface area contributed by atoms with Crippen molar-refractivity contribution in [2.24, 2.45) is 5.73 Å². The predicted octanol–water partition coefficient (Wildman–Crippen LogP) is 1.71. The zero-order valence-corrected chi connectivity index (χ0v) is 13.3. The number of amides is 2. The Kier molecular flexibility index (Phi) is 3.88. The first-order valence-electron chi connectivity index (χ1n) is 6.40. The molecule has 20 heavy (non-hydrogen) atoms. The highest BCUT2D eigenvalue weighted by molar-refractivity contribution is 9.10. The van der Waals surface area contributed by atoms with Crippen LogP contribution in [0.1, 0.15) is 32.4 Å². The molecule has 1 saturated heterocycles. The number of carbonyl (C=O) groups is 2. The van der Waals surface area contributed by atoms with Gasteiger partial charge in [-0.1, -0.05) is 22.0 Å². The molecule has 0 aliphatic carbocycles. The molecular weight excluding hydrogens is 322 g/mol. The van der Waals surface area contributed by atoms with Gasteiger partial charge in [0, 0.05) is 16.2 Å². The fraction of sp³-hybridized carbons (Fsp3) is 0.429. The molecule has 0 saturated carbocycles. The third-order valence-electron chi connectivity index (χ3n) is 3.57. The van der Waals surface area contributed by atoms with Gasteiger partial charge in [-0.15, -0.1) is 0 Å².